The van der Waals surface area contributed by atoms with Gasteiger partial charge in [0.15, 0.2) is 5.96 Å². The normalized spacial score (nSPS) is 28.3. The zero-order valence-electron chi connectivity index (χ0n) is 10.7. The van der Waals surface area contributed by atoms with Gasteiger partial charge in [0.2, 0.25) is 0 Å². The van der Waals surface area contributed by atoms with Crippen molar-refractivity contribution in [1.82, 2.24) is 5.32 Å². The van der Waals surface area contributed by atoms with Crippen molar-refractivity contribution in [3.63, 3.8) is 0 Å². The van der Waals surface area contributed by atoms with Gasteiger partial charge in [-0.05, 0) is 24.8 Å². The summed E-state index contributed by atoms with van der Waals surface area (Å²) in [5, 5.41) is 3.35. The van der Waals surface area contributed by atoms with E-state index in [9.17, 15) is 0 Å². The molecule has 1 aromatic carbocycles. The van der Waals surface area contributed by atoms with Gasteiger partial charge in [-0.1, -0.05) is 43.2 Å². The Morgan fingerprint density at radius 2 is 1.89 bits per heavy atom. The van der Waals surface area contributed by atoms with Crippen LogP contribution in [-0.4, -0.2) is 18.0 Å². The molecule has 0 saturated heterocycles. The van der Waals surface area contributed by atoms with Crippen LogP contribution < -0.4 is 11.1 Å². The van der Waals surface area contributed by atoms with Crippen molar-refractivity contribution >= 4 is 5.96 Å². The molecule has 0 radical (unpaired) electrons. The Balaban J connectivity index is 1.54. The summed E-state index contributed by atoms with van der Waals surface area (Å²) in [5.41, 5.74) is 7.36. The number of guanidine groups is 1. The third-order valence-corrected chi connectivity index (χ3v) is 4.00. The quantitative estimate of drug-likeness (QED) is 0.632. The lowest BCUT2D eigenvalue weighted by molar-refractivity contribution is 0.625. The minimum atomic E-state index is 0.390. The van der Waals surface area contributed by atoms with Crippen molar-refractivity contribution in [3.8, 4) is 0 Å². The van der Waals surface area contributed by atoms with Crippen molar-refractivity contribution in [2.24, 2.45) is 10.7 Å². The number of rotatable bonds is 3. The van der Waals surface area contributed by atoms with Crippen molar-refractivity contribution in [1.29, 1.82) is 0 Å². The summed E-state index contributed by atoms with van der Waals surface area (Å²) < 4.78 is 0. The molecular weight excluding hydrogens is 222 g/mol. The first kappa shape index (κ1) is 11.6. The lowest BCUT2D eigenvalue weighted by Crippen LogP contribution is -2.38. The van der Waals surface area contributed by atoms with Crippen molar-refractivity contribution < 1.29 is 0 Å². The molecule has 0 aliphatic heterocycles. The van der Waals surface area contributed by atoms with Crippen LogP contribution in [0.25, 0.3) is 0 Å². The third-order valence-electron chi connectivity index (χ3n) is 4.00. The first-order valence-corrected chi connectivity index (χ1v) is 6.97. The van der Waals surface area contributed by atoms with E-state index in [0.29, 0.717) is 24.0 Å². The molecule has 0 aromatic heterocycles. The molecule has 3 rings (SSSR count). The van der Waals surface area contributed by atoms with Gasteiger partial charge in [0.25, 0.3) is 0 Å². The maximum Gasteiger partial charge on any atom is 0.189 e. The van der Waals surface area contributed by atoms with Crippen LogP contribution >= 0.6 is 0 Å². The van der Waals surface area contributed by atoms with E-state index in [0.717, 1.165) is 6.42 Å². The molecule has 0 heterocycles. The number of hydrogen-bond donors (Lipinski definition) is 2. The summed E-state index contributed by atoms with van der Waals surface area (Å²) in [6.45, 7) is 0. The molecule has 0 bridgehead atoms. The summed E-state index contributed by atoms with van der Waals surface area (Å²) in [7, 11) is 0. The number of nitrogens with two attached hydrogens (primary N) is 1. The summed E-state index contributed by atoms with van der Waals surface area (Å²) in [5.74, 6) is 1.22. The Kier molecular flexibility index (Phi) is 3.22. The van der Waals surface area contributed by atoms with Gasteiger partial charge in [-0.2, -0.15) is 0 Å². The molecule has 0 spiro atoms. The molecule has 18 heavy (non-hydrogen) atoms. The molecule has 2 aliphatic rings. The number of aliphatic imine (C=N–C) groups is 1. The fourth-order valence-electron chi connectivity index (χ4n) is 2.88. The van der Waals surface area contributed by atoms with E-state index >= 15 is 0 Å². The Morgan fingerprint density at radius 1 is 1.17 bits per heavy atom. The highest BCUT2D eigenvalue weighted by Gasteiger charge is 2.38. The molecule has 1 aromatic rings. The van der Waals surface area contributed by atoms with Crippen LogP contribution in [0.1, 0.15) is 43.6 Å². The standard InChI is InChI=1S/C15H21N3/c16-15(17-12-8-4-5-9-12)18-14-10-13(14)11-6-2-1-3-7-11/h1-3,6-7,12-14H,4-5,8-10H2,(H3,16,17,18). The smallest absolute Gasteiger partial charge is 0.189 e. The maximum atomic E-state index is 5.97. The van der Waals surface area contributed by atoms with Gasteiger partial charge in [0.1, 0.15) is 0 Å². The first-order valence-electron chi connectivity index (χ1n) is 6.97. The predicted molar refractivity (Wildman–Crippen MR) is 74.6 cm³/mol. The molecule has 3 nitrogen and oxygen atoms in total. The maximum absolute atomic E-state index is 5.97. The van der Waals surface area contributed by atoms with Crippen LogP contribution in [0.5, 0.6) is 0 Å². The predicted octanol–water partition coefficient (Wildman–Crippen LogP) is 2.39. The number of nitrogens with zero attached hydrogens (tertiary/aromatic N) is 1. The molecule has 2 saturated carbocycles. The van der Waals surface area contributed by atoms with Crippen molar-refractivity contribution in [2.45, 2.75) is 50.1 Å². The third kappa shape index (κ3) is 2.66. The van der Waals surface area contributed by atoms with E-state index in [1.165, 1.54) is 31.2 Å². The van der Waals surface area contributed by atoms with Gasteiger partial charge in [0, 0.05) is 12.0 Å². The average molecular weight is 243 g/mol. The van der Waals surface area contributed by atoms with Crippen molar-refractivity contribution in [3.05, 3.63) is 35.9 Å². The fourth-order valence-corrected chi connectivity index (χ4v) is 2.88. The second kappa shape index (κ2) is 5.01. The van der Waals surface area contributed by atoms with Crippen LogP contribution in [0.15, 0.2) is 35.3 Å². The van der Waals surface area contributed by atoms with Gasteiger partial charge in [-0.3, -0.25) is 0 Å². The van der Waals surface area contributed by atoms with E-state index < -0.39 is 0 Å². The highest BCUT2D eigenvalue weighted by Crippen LogP contribution is 2.43. The Bertz CT molecular complexity index is 421. The topological polar surface area (TPSA) is 50.4 Å². The molecule has 0 amide bonds. The van der Waals surface area contributed by atoms with Crippen LogP contribution in [0.2, 0.25) is 0 Å². The lowest BCUT2D eigenvalue weighted by atomic mass is 10.1. The zero-order chi connectivity index (χ0) is 12.4. The summed E-state index contributed by atoms with van der Waals surface area (Å²) in [4.78, 5) is 4.59. The summed E-state index contributed by atoms with van der Waals surface area (Å²) in [6.07, 6.45) is 6.26. The van der Waals surface area contributed by atoms with Crippen LogP contribution in [0.4, 0.5) is 0 Å². The molecule has 2 unspecified atom stereocenters. The Labute approximate surface area is 108 Å². The number of nitrogens with one attached hydrogen (secondary N) is 1. The minimum Gasteiger partial charge on any atom is -0.370 e. The van der Waals surface area contributed by atoms with Gasteiger partial charge in [0.05, 0.1) is 6.04 Å². The van der Waals surface area contributed by atoms with Gasteiger partial charge < -0.3 is 11.1 Å². The second-order valence-electron chi connectivity index (χ2n) is 5.46. The molecule has 2 fully saturated rings. The molecule has 2 aliphatic carbocycles. The minimum absolute atomic E-state index is 0.390. The van der Waals surface area contributed by atoms with Crippen molar-refractivity contribution in [2.75, 3.05) is 0 Å². The van der Waals surface area contributed by atoms with E-state index in [-0.39, 0.29) is 0 Å². The van der Waals surface area contributed by atoms with Gasteiger partial charge >= 0.3 is 0 Å². The van der Waals surface area contributed by atoms with E-state index in [2.05, 4.69) is 40.6 Å². The van der Waals surface area contributed by atoms with Crippen LogP contribution in [0.3, 0.4) is 0 Å². The molecule has 3 N–H and O–H groups in total. The largest absolute Gasteiger partial charge is 0.370 e. The highest BCUT2D eigenvalue weighted by atomic mass is 15.1. The van der Waals surface area contributed by atoms with Crippen LogP contribution in [0, 0.1) is 0 Å². The SMILES string of the molecule is NC(=NC1CC1c1ccccc1)NC1CCCC1. The summed E-state index contributed by atoms with van der Waals surface area (Å²) in [6, 6.07) is 11.6. The molecule has 2 atom stereocenters. The average Bonchev–Trinajstić information content (AvgIpc) is 2.95. The Hall–Kier alpha value is -1.51. The summed E-state index contributed by atoms with van der Waals surface area (Å²) >= 11 is 0. The van der Waals surface area contributed by atoms with E-state index in [1.807, 2.05) is 0 Å². The first-order chi connectivity index (χ1) is 8.83. The number of hydrogen-bond acceptors (Lipinski definition) is 1. The van der Waals surface area contributed by atoms with E-state index in [1.54, 1.807) is 0 Å². The zero-order valence-corrected chi connectivity index (χ0v) is 10.7. The molecular formula is C15H21N3. The lowest BCUT2D eigenvalue weighted by Gasteiger charge is -2.12. The highest BCUT2D eigenvalue weighted by molar-refractivity contribution is 5.78. The number of benzene rings is 1. The van der Waals surface area contributed by atoms with E-state index in [4.69, 9.17) is 5.73 Å². The van der Waals surface area contributed by atoms with Gasteiger partial charge in [-0.15, -0.1) is 0 Å². The van der Waals surface area contributed by atoms with Gasteiger partial charge in [-0.25, -0.2) is 4.99 Å². The Morgan fingerprint density at radius 3 is 2.61 bits per heavy atom. The second-order valence-corrected chi connectivity index (χ2v) is 5.46. The van der Waals surface area contributed by atoms with Crippen LogP contribution in [-0.2, 0) is 0 Å². The molecule has 3 heteroatoms. The fraction of sp³-hybridized carbons (Fsp3) is 0.533. The molecule has 96 valence electrons. The monoisotopic (exact) mass is 243 g/mol.